The molecule has 1 heterocycles. The van der Waals surface area contributed by atoms with Crippen molar-refractivity contribution in [3.63, 3.8) is 0 Å². The van der Waals surface area contributed by atoms with Gasteiger partial charge in [0.25, 0.3) is 5.91 Å². The van der Waals surface area contributed by atoms with Crippen LogP contribution in [0.5, 0.6) is 5.75 Å². The third-order valence-corrected chi connectivity index (χ3v) is 4.79. The number of carbonyl (C=O) groups excluding carboxylic acids is 2. The van der Waals surface area contributed by atoms with Gasteiger partial charge in [-0.15, -0.1) is 0 Å². The number of ether oxygens (including phenoxy) is 2. The van der Waals surface area contributed by atoms with Crippen molar-refractivity contribution < 1.29 is 19.1 Å². The van der Waals surface area contributed by atoms with Gasteiger partial charge in [-0.1, -0.05) is 23.7 Å². The molecule has 0 bridgehead atoms. The number of halogens is 1. The first-order chi connectivity index (χ1) is 13.4. The van der Waals surface area contributed by atoms with Gasteiger partial charge in [-0.2, -0.15) is 0 Å². The molecule has 1 N–H and O–H groups in total. The van der Waals surface area contributed by atoms with Gasteiger partial charge in [0.05, 0.1) is 5.92 Å². The van der Waals surface area contributed by atoms with Crippen LogP contribution in [0.4, 0.5) is 5.69 Å². The van der Waals surface area contributed by atoms with E-state index in [1.54, 1.807) is 18.2 Å². The quantitative estimate of drug-likeness (QED) is 0.752. The van der Waals surface area contributed by atoms with Gasteiger partial charge in [0.15, 0.2) is 6.61 Å². The Bertz CT molecular complexity index is 852. The van der Waals surface area contributed by atoms with Gasteiger partial charge in [-0.25, -0.2) is 0 Å². The van der Waals surface area contributed by atoms with E-state index in [1.807, 2.05) is 43.3 Å². The molecule has 0 fully saturated rings. The summed E-state index contributed by atoms with van der Waals surface area (Å²) in [6.45, 7) is 0.295. The molecule has 1 aliphatic rings. The number of benzene rings is 2. The van der Waals surface area contributed by atoms with E-state index in [9.17, 15) is 9.59 Å². The molecule has 1 amide bonds. The second-order valence-electron chi connectivity index (χ2n) is 6.91. The molecule has 0 aromatic heterocycles. The molecule has 148 valence electrons. The Morgan fingerprint density at radius 1 is 1.21 bits per heavy atom. The first-order valence-corrected chi connectivity index (χ1v) is 9.41. The van der Waals surface area contributed by atoms with Crippen molar-refractivity contribution in [2.45, 2.75) is 13.0 Å². The summed E-state index contributed by atoms with van der Waals surface area (Å²) in [4.78, 5) is 26.2. The highest BCUT2D eigenvalue weighted by Gasteiger charge is 2.27. The van der Waals surface area contributed by atoms with E-state index >= 15 is 0 Å². The van der Waals surface area contributed by atoms with E-state index in [4.69, 9.17) is 21.1 Å². The van der Waals surface area contributed by atoms with Crippen molar-refractivity contribution in [2.24, 2.45) is 5.92 Å². The number of anilines is 1. The fourth-order valence-corrected chi connectivity index (χ4v) is 3.13. The van der Waals surface area contributed by atoms with E-state index in [1.165, 1.54) is 0 Å². The zero-order valence-corrected chi connectivity index (χ0v) is 16.7. The number of carbonyl (C=O) groups is 2. The van der Waals surface area contributed by atoms with Gasteiger partial charge >= 0.3 is 5.97 Å². The molecule has 3 rings (SSSR count). The molecule has 0 saturated heterocycles. The fraction of sp³-hybridized carbons (Fsp3) is 0.333. The largest absolute Gasteiger partial charge is 0.492 e. The van der Waals surface area contributed by atoms with Crippen LogP contribution in [0, 0.1) is 5.92 Å². The smallest absolute Gasteiger partial charge is 0.313 e. The summed E-state index contributed by atoms with van der Waals surface area (Å²) < 4.78 is 10.7. The van der Waals surface area contributed by atoms with E-state index in [2.05, 4.69) is 5.32 Å². The Labute approximate surface area is 169 Å². The maximum atomic E-state index is 12.3. The molecular weight excluding hydrogens is 380 g/mol. The Balaban J connectivity index is 1.43. The van der Waals surface area contributed by atoms with Gasteiger partial charge in [-0.3, -0.25) is 9.59 Å². The molecule has 2 aromatic rings. The van der Waals surface area contributed by atoms with Crippen LogP contribution in [0.15, 0.2) is 42.5 Å². The minimum atomic E-state index is -0.448. The lowest BCUT2D eigenvalue weighted by Crippen LogP contribution is -2.33. The third kappa shape index (κ3) is 5.16. The Morgan fingerprint density at radius 3 is 2.68 bits per heavy atom. The molecule has 28 heavy (non-hydrogen) atoms. The number of hydrogen-bond acceptors (Lipinski definition) is 5. The Kier molecular flexibility index (Phi) is 6.41. The van der Waals surface area contributed by atoms with E-state index < -0.39 is 11.9 Å². The monoisotopic (exact) mass is 402 g/mol. The number of fused-ring (bicyclic) bond motifs is 1. The molecule has 0 saturated carbocycles. The SMILES string of the molecule is CN(C)c1ccc(CNC(=O)COC(=O)[C@@H]2COc3ccc(Cl)cc3C2)cc1. The second-order valence-corrected chi connectivity index (χ2v) is 7.35. The molecule has 2 aromatic carbocycles. The highest BCUT2D eigenvalue weighted by Crippen LogP contribution is 2.30. The minimum Gasteiger partial charge on any atom is -0.492 e. The van der Waals surface area contributed by atoms with Crippen molar-refractivity contribution in [3.05, 3.63) is 58.6 Å². The number of nitrogens with one attached hydrogen (secondary N) is 1. The number of amides is 1. The maximum absolute atomic E-state index is 12.3. The molecule has 6 nitrogen and oxygen atoms in total. The second kappa shape index (κ2) is 8.97. The lowest BCUT2D eigenvalue weighted by Gasteiger charge is -2.24. The Hall–Kier alpha value is -2.73. The predicted octanol–water partition coefficient (Wildman–Crippen LogP) is 2.82. The average Bonchev–Trinajstić information content (AvgIpc) is 2.70. The minimum absolute atomic E-state index is 0.229. The van der Waals surface area contributed by atoms with Gasteiger partial charge in [0.2, 0.25) is 0 Å². The first-order valence-electron chi connectivity index (χ1n) is 9.03. The van der Waals surface area contributed by atoms with Crippen LogP contribution in [-0.4, -0.2) is 39.2 Å². The molecule has 7 heteroatoms. The third-order valence-electron chi connectivity index (χ3n) is 4.55. The van der Waals surface area contributed by atoms with Crippen LogP contribution in [0.1, 0.15) is 11.1 Å². The van der Waals surface area contributed by atoms with E-state index in [-0.39, 0.29) is 19.1 Å². The van der Waals surface area contributed by atoms with Crippen LogP contribution in [0.25, 0.3) is 0 Å². The molecular formula is C21H23ClN2O4. The average molecular weight is 403 g/mol. The summed E-state index contributed by atoms with van der Waals surface area (Å²) in [7, 11) is 3.94. The predicted molar refractivity (Wildman–Crippen MR) is 108 cm³/mol. The lowest BCUT2D eigenvalue weighted by atomic mass is 9.97. The molecule has 0 radical (unpaired) electrons. The zero-order chi connectivity index (χ0) is 20.1. The molecule has 0 spiro atoms. The van der Waals surface area contributed by atoms with Crippen molar-refractivity contribution in [3.8, 4) is 5.75 Å². The van der Waals surface area contributed by atoms with Gasteiger partial charge in [0, 0.05) is 31.4 Å². The standard InChI is InChI=1S/C21H23ClN2O4/c1-24(2)18-6-3-14(4-7-18)11-23-20(25)13-28-21(26)16-9-15-10-17(22)5-8-19(15)27-12-16/h3-8,10,16H,9,11-13H2,1-2H3,(H,23,25)/t16-/m0/s1. The van der Waals surface area contributed by atoms with Crippen molar-refractivity contribution in [1.29, 1.82) is 0 Å². The van der Waals surface area contributed by atoms with Crippen molar-refractivity contribution >= 4 is 29.2 Å². The van der Waals surface area contributed by atoms with Gasteiger partial charge < -0.3 is 19.7 Å². The highest BCUT2D eigenvalue weighted by molar-refractivity contribution is 6.30. The normalized spacial score (nSPS) is 15.2. The van der Waals surface area contributed by atoms with Crippen LogP contribution in [0.2, 0.25) is 5.02 Å². The summed E-state index contributed by atoms with van der Waals surface area (Å²) in [5.41, 5.74) is 2.92. The van der Waals surface area contributed by atoms with Gasteiger partial charge in [0.1, 0.15) is 12.4 Å². The highest BCUT2D eigenvalue weighted by atomic mass is 35.5. The van der Waals surface area contributed by atoms with Crippen LogP contribution >= 0.6 is 11.6 Å². The van der Waals surface area contributed by atoms with Crippen LogP contribution < -0.4 is 15.0 Å². The fourth-order valence-electron chi connectivity index (χ4n) is 2.93. The zero-order valence-electron chi connectivity index (χ0n) is 15.9. The summed E-state index contributed by atoms with van der Waals surface area (Å²) in [5, 5.41) is 3.34. The lowest BCUT2D eigenvalue weighted by molar-refractivity contribution is -0.153. The number of esters is 1. The summed E-state index contributed by atoms with van der Waals surface area (Å²) in [6, 6.07) is 13.2. The molecule has 0 unspecified atom stereocenters. The number of nitrogens with zero attached hydrogens (tertiary/aromatic N) is 1. The van der Waals surface area contributed by atoms with Crippen LogP contribution in [-0.2, 0) is 27.3 Å². The van der Waals surface area contributed by atoms with Crippen LogP contribution in [0.3, 0.4) is 0 Å². The molecule has 1 atom stereocenters. The topological polar surface area (TPSA) is 67.9 Å². The van der Waals surface area contributed by atoms with E-state index in [0.717, 1.165) is 22.6 Å². The number of rotatable bonds is 6. The summed E-state index contributed by atoms with van der Waals surface area (Å²) >= 11 is 5.99. The van der Waals surface area contributed by atoms with Gasteiger partial charge in [-0.05, 0) is 47.9 Å². The first kappa shape index (κ1) is 20.0. The van der Waals surface area contributed by atoms with E-state index in [0.29, 0.717) is 18.0 Å². The maximum Gasteiger partial charge on any atom is 0.313 e. The molecule has 0 aliphatic carbocycles. The summed E-state index contributed by atoms with van der Waals surface area (Å²) in [5.74, 6) is -0.509. The summed E-state index contributed by atoms with van der Waals surface area (Å²) in [6.07, 6.45) is 0.481. The van der Waals surface area contributed by atoms with Crippen molar-refractivity contribution in [2.75, 3.05) is 32.2 Å². The number of hydrogen-bond donors (Lipinski definition) is 1. The molecule has 1 aliphatic heterocycles. The Morgan fingerprint density at radius 2 is 1.96 bits per heavy atom. The van der Waals surface area contributed by atoms with Crippen molar-refractivity contribution in [1.82, 2.24) is 5.32 Å².